The minimum Gasteiger partial charge on any atom is -0.271 e. The molecule has 0 saturated carbocycles. The number of hydrogen-bond acceptors (Lipinski definition) is 4. The second-order valence-electron chi connectivity index (χ2n) is 6.47. The van der Waals surface area contributed by atoms with Crippen LogP contribution in [0.25, 0.3) is 0 Å². The predicted octanol–water partition coefficient (Wildman–Crippen LogP) is 3.48. The molecule has 0 bridgehead atoms. The van der Waals surface area contributed by atoms with Crippen LogP contribution in [0.3, 0.4) is 0 Å². The maximum Gasteiger partial charge on any atom is 0.264 e. The van der Waals surface area contributed by atoms with Crippen LogP contribution in [-0.4, -0.2) is 27.1 Å². The van der Waals surface area contributed by atoms with Crippen molar-refractivity contribution in [3.63, 3.8) is 0 Å². The molecule has 3 aromatic rings. The number of carbonyl (C=O) groups is 1. The van der Waals surface area contributed by atoms with Crippen LogP contribution >= 0.6 is 0 Å². The molecule has 0 atom stereocenters. The van der Waals surface area contributed by atoms with Gasteiger partial charge in [0.05, 0.1) is 16.8 Å². The highest BCUT2D eigenvalue weighted by molar-refractivity contribution is 7.92. The van der Waals surface area contributed by atoms with Crippen LogP contribution in [0.4, 0.5) is 10.1 Å². The highest BCUT2D eigenvalue weighted by Crippen LogP contribution is 2.23. The topological polar surface area (TPSA) is 78.8 Å². The fraction of sp³-hybridized carbons (Fsp3) is 0.0909. The van der Waals surface area contributed by atoms with Crippen molar-refractivity contribution in [1.29, 1.82) is 0 Å². The van der Waals surface area contributed by atoms with Gasteiger partial charge in [-0.1, -0.05) is 54.1 Å². The molecule has 0 unspecified atom stereocenters. The van der Waals surface area contributed by atoms with Gasteiger partial charge in [0.15, 0.2) is 0 Å². The summed E-state index contributed by atoms with van der Waals surface area (Å²) < 4.78 is 41.0. The monoisotopic (exact) mass is 425 g/mol. The van der Waals surface area contributed by atoms with E-state index in [0.29, 0.717) is 5.69 Å². The van der Waals surface area contributed by atoms with Gasteiger partial charge in [0, 0.05) is 5.56 Å². The van der Waals surface area contributed by atoms with Crippen LogP contribution in [0.5, 0.6) is 0 Å². The van der Waals surface area contributed by atoms with Crippen LogP contribution in [0.1, 0.15) is 11.1 Å². The van der Waals surface area contributed by atoms with Crippen LogP contribution in [0, 0.1) is 12.7 Å². The lowest BCUT2D eigenvalue weighted by molar-refractivity contribution is -0.119. The van der Waals surface area contributed by atoms with Crippen molar-refractivity contribution in [1.82, 2.24) is 5.43 Å². The summed E-state index contributed by atoms with van der Waals surface area (Å²) in [4.78, 5) is 12.5. The number of sulfonamides is 1. The number of rotatable bonds is 7. The van der Waals surface area contributed by atoms with Crippen molar-refractivity contribution in [3.05, 3.63) is 95.8 Å². The SMILES string of the molecule is Cc1ccc(S(=O)(=O)N(CC(=O)N/N=C\c2ccccc2F)c2ccccc2)cc1. The Morgan fingerprint density at radius 2 is 1.63 bits per heavy atom. The molecule has 30 heavy (non-hydrogen) atoms. The molecular weight excluding hydrogens is 405 g/mol. The average Bonchev–Trinajstić information content (AvgIpc) is 2.74. The zero-order valence-corrected chi connectivity index (χ0v) is 17.0. The van der Waals surface area contributed by atoms with E-state index >= 15 is 0 Å². The summed E-state index contributed by atoms with van der Waals surface area (Å²) in [6.07, 6.45) is 1.16. The van der Waals surface area contributed by atoms with E-state index in [-0.39, 0.29) is 10.5 Å². The van der Waals surface area contributed by atoms with Crippen LogP contribution in [0.2, 0.25) is 0 Å². The van der Waals surface area contributed by atoms with Crippen molar-refractivity contribution in [2.45, 2.75) is 11.8 Å². The quantitative estimate of drug-likeness (QED) is 0.465. The molecule has 0 aromatic heterocycles. The molecule has 0 aliphatic rings. The van der Waals surface area contributed by atoms with E-state index in [9.17, 15) is 17.6 Å². The molecule has 0 saturated heterocycles. The van der Waals surface area contributed by atoms with Crippen LogP contribution in [-0.2, 0) is 14.8 Å². The molecule has 1 N–H and O–H groups in total. The summed E-state index contributed by atoms with van der Waals surface area (Å²) in [5, 5.41) is 3.73. The lowest BCUT2D eigenvalue weighted by Gasteiger charge is -2.23. The molecule has 0 spiro atoms. The Labute approximate surface area is 174 Å². The minimum atomic E-state index is -3.99. The van der Waals surface area contributed by atoms with Crippen molar-refractivity contribution >= 4 is 27.8 Å². The average molecular weight is 425 g/mol. The fourth-order valence-electron chi connectivity index (χ4n) is 2.67. The summed E-state index contributed by atoms with van der Waals surface area (Å²) in [7, 11) is -3.99. The van der Waals surface area contributed by atoms with Gasteiger partial charge in [-0.15, -0.1) is 0 Å². The number of nitrogens with zero attached hydrogens (tertiary/aromatic N) is 2. The molecule has 0 heterocycles. The number of carbonyl (C=O) groups excluding carboxylic acids is 1. The molecule has 1 amide bonds. The number of halogens is 1. The molecule has 0 aliphatic heterocycles. The Hall–Kier alpha value is -3.52. The third-order valence-corrected chi connectivity index (χ3v) is 6.03. The zero-order chi connectivity index (χ0) is 21.6. The Kier molecular flexibility index (Phi) is 6.58. The first kappa shape index (κ1) is 21.2. The lowest BCUT2D eigenvalue weighted by Crippen LogP contribution is -2.39. The van der Waals surface area contributed by atoms with Gasteiger partial charge in [0.1, 0.15) is 12.4 Å². The second-order valence-corrected chi connectivity index (χ2v) is 8.34. The number of para-hydroxylation sites is 1. The maximum atomic E-state index is 13.6. The zero-order valence-electron chi connectivity index (χ0n) is 16.2. The molecule has 0 aliphatic carbocycles. The highest BCUT2D eigenvalue weighted by Gasteiger charge is 2.27. The van der Waals surface area contributed by atoms with Gasteiger partial charge in [0.2, 0.25) is 0 Å². The largest absolute Gasteiger partial charge is 0.271 e. The first-order valence-electron chi connectivity index (χ1n) is 9.09. The van der Waals surface area contributed by atoms with Gasteiger partial charge in [-0.3, -0.25) is 9.10 Å². The summed E-state index contributed by atoms with van der Waals surface area (Å²) in [6.45, 7) is 1.36. The Morgan fingerprint density at radius 3 is 2.30 bits per heavy atom. The van der Waals surface area contributed by atoms with E-state index in [0.717, 1.165) is 16.1 Å². The number of benzene rings is 3. The van der Waals surface area contributed by atoms with Crippen LogP contribution < -0.4 is 9.73 Å². The van der Waals surface area contributed by atoms with Crippen LogP contribution in [0.15, 0.2) is 88.9 Å². The van der Waals surface area contributed by atoms with Crippen molar-refractivity contribution in [2.75, 3.05) is 10.8 Å². The summed E-state index contributed by atoms with van der Waals surface area (Å²) >= 11 is 0. The Morgan fingerprint density at radius 1 is 1.00 bits per heavy atom. The van der Waals surface area contributed by atoms with Gasteiger partial charge < -0.3 is 0 Å². The van der Waals surface area contributed by atoms with E-state index in [1.807, 2.05) is 6.92 Å². The molecule has 154 valence electrons. The summed E-state index contributed by atoms with van der Waals surface area (Å²) in [5.41, 5.74) is 3.70. The number of hydrazone groups is 1. The number of nitrogens with one attached hydrogen (secondary N) is 1. The molecular formula is C22H20FN3O3S. The number of aryl methyl sites for hydroxylation is 1. The molecule has 8 heteroatoms. The van der Waals surface area contributed by atoms with Crippen molar-refractivity contribution < 1.29 is 17.6 Å². The third-order valence-electron chi connectivity index (χ3n) is 4.24. The normalized spacial score (nSPS) is 11.4. The third kappa shape index (κ3) is 5.09. The standard InChI is InChI=1S/C22H20FN3O3S/c1-17-11-13-20(14-12-17)30(28,29)26(19-8-3-2-4-9-19)16-22(27)25-24-15-18-7-5-6-10-21(18)23/h2-15H,16H2,1H3,(H,25,27)/b24-15-. The predicted molar refractivity (Wildman–Crippen MR) is 114 cm³/mol. The summed E-state index contributed by atoms with van der Waals surface area (Å²) in [5.74, 6) is -1.15. The molecule has 0 radical (unpaired) electrons. The van der Waals surface area contributed by atoms with Crippen molar-refractivity contribution in [3.8, 4) is 0 Å². The molecule has 3 aromatic carbocycles. The molecule has 6 nitrogen and oxygen atoms in total. The summed E-state index contributed by atoms with van der Waals surface area (Å²) in [6, 6.07) is 20.6. The fourth-order valence-corrected chi connectivity index (χ4v) is 4.09. The maximum absolute atomic E-state index is 13.6. The lowest BCUT2D eigenvalue weighted by atomic mass is 10.2. The first-order valence-corrected chi connectivity index (χ1v) is 10.5. The number of anilines is 1. The number of amides is 1. The van der Waals surface area contributed by atoms with Gasteiger partial charge >= 0.3 is 0 Å². The second kappa shape index (κ2) is 9.32. The van der Waals surface area contributed by atoms with E-state index in [4.69, 9.17) is 0 Å². The Balaban J connectivity index is 1.82. The van der Waals surface area contributed by atoms with Gasteiger partial charge in [-0.05, 0) is 37.3 Å². The van der Waals surface area contributed by atoms with Gasteiger partial charge in [-0.25, -0.2) is 18.2 Å². The van der Waals surface area contributed by atoms with Gasteiger partial charge in [0.25, 0.3) is 15.9 Å². The number of hydrogen-bond donors (Lipinski definition) is 1. The van der Waals surface area contributed by atoms with E-state index in [2.05, 4.69) is 10.5 Å². The molecule has 0 fully saturated rings. The smallest absolute Gasteiger partial charge is 0.264 e. The van der Waals surface area contributed by atoms with Gasteiger partial charge in [-0.2, -0.15) is 5.10 Å². The van der Waals surface area contributed by atoms with E-state index < -0.39 is 28.3 Å². The van der Waals surface area contributed by atoms with E-state index in [1.54, 1.807) is 54.6 Å². The Bertz CT molecular complexity index is 1150. The highest BCUT2D eigenvalue weighted by atomic mass is 32.2. The van der Waals surface area contributed by atoms with E-state index in [1.165, 1.54) is 24.3 Å². The molecule has 3 rings (SSSR count). The minimum absolute atomic E-state index is 0.0691. The van der Waals surface area contributed by atoms with Crippen molar-refractivity contribution in [2.24, 2.45) is 5.10 Å². The first-order chi connectivity index (χ1) is 14.4.